The number of rotatable bonds is 8. The van der Waals surface area contributed by atoms with Gasteiger partial charge < -0.3 is 25.0 Å². The zero-order chi connectivity index (χ0) is 31.9. The van der Waals surface area contributed by atoms with E-state index in [1.165, 1.54) is 37.4 Å². The number of aromatic nitrogens is 1. The summed E-state index contributed by atoms with van der Waals surface area (Å²) in [5.41, 5.74) is 2.10. The van der Waals surface area contributed by atoms with Crippen LogP contribution in [0.3, 0.4) is 0 Å². The summed E-state index contributed by atoms with van der Waals surface area (Å²) in [7, 11) is -0.683. The van der Waals surface area contributed by atoms with Gasteiger partial charge in [-0.25, -0.2) is 8.42 Å². The molecule has 0 radical (unpaired) electrons. The molecule has 2 heterocycles. The molecule has 11 nitrogen and oxygen atoms in total. The molecule has 0 unspecified atom stereocenters. The molecule has 2 N–H and O–H groups in total. The predicted octanol–water partition coefficient (Wildman–Crippen LogP) is 3.23. The van der Waals surface area contributed by atoms with Gasteiger partial charge in [0.05, 0.1) is 30.4 Å². The molecule has 1 atom stereocenters. The maximum Gasteiger partial charge on any atom is 0.253 e. The number of sulfone groups is 1. The van der Waals surface area contributed by atoms with Gasteiger partial charge in [-0.05, 0) is 48.2 Å². The average Bonchev–Trinajstić information content (AvgIpc) is 3.02. The third-order valence-electron chi connectivity index (χ3n) is 7.27. The van der Waals surface area contributed by atoms with Crippen molar-refractivity contribution in [2.45, 2.75) is 44.2 Å². The summed E-state index contributed by atoms with van der Waals surface area (Å²) in [6, 6.07) is 12.4. The van der Waals surface area contributed by atoms with Crippen LogP contribution in [-0.4, -0.2) is 75.1 Å². The van der Waals surface area contributed by atoms with E-state index in [1.807, 2.05) is 19.9 Å². The smallest absolute Gasteiger partial charge is 0.253 e. The van der Waals surface area contributed by atoms with Gasteiger partial charge in [-0.15, -0.1) is 0 Å². The Morgan fingerprint density at radius 2 is 1.77 bits per heavy atom. The van der Waals surface area contributed by atoms with Gasteiger partial charge in [0, 0.05) is 49.6 Å². The Hall–Kier alpha value is -4.45. The van der Waals surface area contributed by atoms with Crippen LogP contribution in [0.5, 0.6) is 11.5 Å². The molecule has 0 saturated heterocycles. The fraction of sp³-hybridized carbons (Fsp3) is 0.375. The molecule has 1 aliphatic rings. The molecule has 12 heteroatoms. The van der Waals surface area contributed by atoms with E-state index in [0.29, 0.717) is 34.6 Å². The van der Waals surface area contributed by atoms with E-state index in [0.717, 1.165) is 0 Å². The van der Waals surface area contributed by atoms with Crippen molar-refractivity contribution in [2.75, 3.05) is 33.1 Å². The number of hydrogen-bond donors (Lipinski definition) is 2. The number of pyridine rings is 1. The highest BCUT2D eigenvalue weighted by Crippen LogP contribution is 2.39. The van der Waals surface area contributed by atoms with Crippen LogP contribution in [0.4, 0.5) is 0 Å². The molecule has 234 valence electrons. The normalized spacial score (nSPS) is 15.9. The van der Waals surface area contributed by atoms with Gasteiger partial charge >= 0.3 is 0 Å². The number of methoxy groups -OCH3 is 2. The van der Waals surface area contributed by atoms with Crippen LogP contribution in [-0.2, 0) is 26.0 Å². The molecule has 1 aliphatic heterocycles. The van der Waals surface area contributed by atoms with Crippen LogP contribution in [0.25, 0.3) is 11.1 Å². The summed E-state index contributed by atoms with van der Waals surface area (Å²) < 4.78 is 37.1. The Kier molecular flexibility index (Phi) is 10.6. The third kappa shape index (κ3) is 7.93. The lowest BCUT2D eigenvalue weighted by atomic mass is 10.00. The van der Waals surface area contributed by atoms with Crippen LogP contribution < -0.4 is 20.1 Å². The van der Waals surface area contributed by atoms with Crippen molar-refractivity contribution in [3.8, 4) is 22.6 Å². The molecular weight excluding hydrogens is 584 g/mol. The first-order valence-electron chi connectivity index (χ1n) is 14.4. The molecule has 4 bridgehead atoms. The van der Waals surface area contributed by atoms with E-state index in [-0.39, 0.29) is 54.1 Å². The van der Waals surface area contributed by atoms with Crippen LogP contribution in [0.2, 0.25) is 0 Å². The quantitative estimate of drug-likeness (QED) is 0.390. The molecule has 0 fully saturated rings. The van der Waals surface area contributed by atoms with Crippen LogP contribution in [0, 0.1) is 5.92 Å². The monoisotopic (exact) mass is 622 g/mol. The van der Waals surface area contributed by atoms with E-state index in [4.69, 9.17) is 9.47 Å². The molecule has 2 aromatic carbocycles. The number of amides is 3. The lowest BCUT2D eigenvalue weighted by Crippen LogP contribution is -2.49. The number of carbonyl (C=O) groups is 3. The summed E-state index contributed by atoms with van der Waals surface area (Å²) in [6.45, 7) is 4.21. The van der Waals surface area contributed by atoms with E-state index < -0.39 is 27.7 Å². The molecule has 44 heavy (non-hydrogen) atoms. The Labute approximate surface area is 257 Å². The number of nitrogens with one attached hydrogen (secondary N) is 2. The maximum atomic E-state index is 13.5. The topological polar surface area (TPSA) is 144 Å². The molecular formula is C32H38N4O7S. The van der Waals surface area contributed by atoms with Gasteiger partial charge in [0.25, 0.3) is 5.91 Å². The number of fused-ring (bicyclic) bond motifs is 5. The minimum atomic E-state index is -3.68. The predicted molar refractivity (Wildman–Crippen MR) is 165 cm³/mol. The third-order valence-corrected chi connectivity index (χ3v) is 9.01. The van der Waals surface area contributed by atoms with Crippen molar-refractivity contribution in [1.82, 2.24) is 20.5 Å². The Bertz CT molecular complexity index is 1610. The summed E-state index contributed by atoms with van der Waals surface area (Å²) in [5, 5.41) is 5.67. The fourth-order valence-electron chi connectivity index (χ4n) is 5.06. The van der Waals surface area contributed by atoms with Crippen LogP contribution in [0.15, 0.2) is 65.8 Å². The van der Waals surface area contributed by atoms with Gasteiger partial charge in [-0.3, -0.25) is 19.4 Å². The van der Waals surface area contributed by atoms with Gasteiger partial charge in [0.1, 0.15) is 6.04 Å². The van der Waals surface area contributed by atoms with E-state index in [2.05, 4.69) is 15.6 Å². The lowest BCUT2D eigenvalue weighted by Gasteiger charge is -2.25. The molecule has 1 aromatic heterocycles. The van der Waals surface area contributed by atoms with E-state index >= 15 is 0 Å². The minimum Gasteiger partial charge on any atom is -0.493 e. The highest BCUT2D eigenvalue weighted by Gasteiger charge is 2.26. The number of hydrogen-bond acceptors (Lipinski definition) is 8. The van der Waals surface area contributed by atoms with Crippen molar-refractivity contribution in [3.63, 3.8) is 0 Å². The number of benzene rings is 2. The van der Waals surface area contributed by atoms with Gasteiger partial charge in [-0.2, -0.15) is 0 Å². The first-order valence-corrected chi connectivity index (χ1v) is 16.0. The molecule has 0 spiro atoms. The second kappa shape index (κ2) is 14.3. The maximum absolute atomic E-state index is 13.5. The first kappa shape index (κ1) is 32.5. The largest absolute Gasteiger partial charge is 0.493 e. The standard InChI is InChI=1S/C32H38N4O7S/c1-21(2)14-27-32(39)34-11-12-36(29(37)10-13-44(40,41)25-8-6-5-7-9-25)20-22-15-26(30(43-4)28(16-22)42-3)23-17-24(19-33-18-23)31(38)35-27/h5-9,15-19,21,27H,10-14,20H2,1-4H3,(H,34,39)(H,35,38)/t27-/m1/s1. The first-order chi connectivity index (χ1) is 21.0. The average molecular weight is 623 g/mol. The molecule has 0 aliphatic carbocycles. The van der Waals surface area contributed by atoms with E-state index in [1.54, 1.807) is 36.5 Å². The SMILES string of the molecule is COc1cc2cc(c1OC)-c1cncc(c1)C(=O)N[C@H](CC(C)C)C(=O)NCCN(C(=O)CCS(=O)(=O)c1ccccc1)C2. The fourth-order valence-corrected chi connectivity index (χ4v) is 6.31. The zero-order valence-corrected chi connectivity index (χ0v) is 26.1. The Morgan fingerprint density at radius 3 is 2.45 bits per heavy atom. The van der Waals surface area contributed by atoms with Crippen molar-refractivity contribution < 1.29 is 32.3 Å². The second-order valence-electron chi connectivity index (χ2n) is 11.0. The van der Waals surface area contributed by atoms with Crippen molar-refractivity contribution in [1.29, 1.82) is 0 Å². The highest BCUT2D eigenvalue weighted by molar-refractivity contribution is 7.91. The Morgan fingerprint density at radius 1 is 1.05 bits per heavy atom. The summed E-state index contributed by atoms with van der Waals surface area (Å²) in [6.07, 6.45) is 3.17. The highest BCUT2D eigenvalue weighted by atomic mass is 32.2. The molecule has 0 saturated carbocycles. The van der Waals surface area contributed by atoms with Gasteiger partial charge in [-0.1, -0.05) is 32.0 Å². The Balaban J connectivity index is 1.73. The van der Waals surface area contributed by atoms with Crippen molar-refractivity contribution >= 4 is 27.6 Å². The number of nitrogens with zero attached hydrogens (tertiary/aromatic N) is 2. The number of carbonyl (C=O) groups excluding carboxylic acids is 3. The van der Waals surface area contributed by atoms with E-state index in [9.17, 15) is 22.8 Å². The van der Waals surface area contributed by atoms with Crippen LogP contribution in [0.1, 0.15) is 42.6 Å². The zero-order valence-electron chi connectivity index (χ0n) is 25.3. The van der Waals surface area contributed by atoms with Gasteiger partial charge in [0.2, 0.25) is 11.8 Å². The molecule has 3 amide bonds. The second-order valence-corrected chi connectivity index (χ2v) is 13.1. The van der Waals surface area contributed by atoms with Gasteiger partial charge in [0.15, 0.2) is 21.3 Å². The lowest BCUT2D eigenvalue weighted by molar-refractivity contribution is -0.132. The van der Waals surface area contributed by atoms with Crippen molar-refractivity contribution in [2.24, 2.45) is 5.92 Å². The molecule has 3 aromatic rings. The minimum absolute atomic E-state index is 0.0932. The summed E-state index contributed by atoms with van der Waals surface area (Å²) in [5.74, 6) is -0.653. The van der Waals surface area contributed by atoms with Crippen LogP contribution >= 0.6 is 0 Å². The number of ether oxygens (including phenoxy) is 2. The van der Waals surface area contributed by atoms with Crippen molar-refractivity contribution in [3.05, 3.63) is 72.1 Å². The molecule has 4 rings (SSSR count). The summed E-state index contributed by atoms with van der Waals surface area (Å²) in [4.78, 5) is 45.9. The summed E-state index contributed by atoms with van der Waals surface area (Å²) >= 11 is 0.